The first-order chi connectivity index (χ1) is 12.5. The van der Waals surface area contributed by atoms with Gasteiger partial charge in [-0.25, -0.2) is 4.79 Å². The number of urea groups is 1. The van der Waals surface area contributed by atoms with E-state index < -0.39 is 0 Å². The Kier molecular flexibility index (Phi) is 5.81. The molecule has 6 heteroatoms. The second-order valence-corrected chi connectivity index (χ2v) is 7.44. The lowest BCUT2D eigenvalue weighted by molar-refractivity contribution is -0.130. The number of benzene rings is 1. The second kappa shape index (κ2) is 8.08. The van der Waals surface area contributed by atoms with E-state index >= 15 is 0 Å². The molecule has 0 bridgehead atoms. The lowest BCUT2D eigenvalue weighted by Gasteiger charge is -2.49. The summed E-state index contributed by atoms with van der Waals surface area (Å²) in [4.78, 5) is 31.2. The fourth-order valence-corrected chi connectivity index (χ4v) is 4.09. The number of carbonyl (C=O) groups excluding carboxylic acids is 2. The number of hydrogen-bond donors (Lipinski definition) is 1. The molecular formula is C20H30N4O2. The molecule has 26 heavy (non-hydrogen) atoms. The molecule has 3 rings (SSSR count). The van der Waals surface area contributed by atoms with Crippen LogP contribution < -0.4 is 5.32 Å². The molecule has 3 amide bonds. The lowest BCUT2D eigenvalue weighted by Crippen LogP contribution is -2.63. The summed E-state index contributed by atoms with van der Waals surface area (Å²) in [6, 6.07) is 9.96. The molecule has 6 nitrogen and oxygen atoms in total. The first kappa shape index (κ1) is 18.7. The molecule has 1 atom stereocenters. The van der Waals surface area contributed by atoms with Crippen LogP contribution in [-0.2, 0) is 11.3 Å². The van der Waals surface area contributed by atoms with Gasteiger partial charge in [-0.05, 0) is 32.4 Å². The Morgan fingerprint density at radius 2 is 1.92 bits per heavy atom. The van der Waals surface area contributed by atoms with Crippen molar-refractivity contribution in [2.75, 3.05) is 39.8 Å². The minimum atomic E-state index is -0.0953. The van der Waals surface area contributed by atoms with Crippen LogP contribution >= 0.6 is 0 Å². The molecule has 2 heterocycles. The van der Waals surface area contributed by atoms with Crippen molar-refractivity contribution in [1.82, 2.24) is 20.0 Å². The predicted molar refractivity (Wildman–Crippen MR) is 102 cm³/mol. The molecule has 1 aromatic carbocycles. The highest BCUT2D eigenvalue weighted by molar-refractivity contribution is 5.77. The van der Waals surface area contributed by atoms with E-state index in [1.165, 1.54) is 0 Å². The zero-order valence-corrected chi connectivity index (χ0v) is 15.9. The van der Waals surface area contributed by atoms with E-state index in [9.17, 15) is 9.59 Å². The summed E-state index contributed by atoms with van der Waals surface area (Å²) in [7, 11) is 2.13. The molecule has 0 aliphatic carbocycles. The first-order valence-electron chi connectivity index (χ1n) is 9.60. The minimum absolute atomic E-state index is 0.00995. The summed E-state index contributed by atoms with van der Waals surface area (Å²) in [6.45, 7) is 6.38. The van der Waals surface area contributed by atoms with Gasteiger partial charge in [-0.1, -0.05) is 30.3 Å². The summed E-state index contributed by atoms with van der Waals surface area (Å²) in [6.07, 6.45) is 2.31. The Bertz CT molecular complexity index is 636. The minimum Gasteiger partial charge on any atom is -0.343 e. The van der Waals surface area contributed by atoms with Crippen LogP contribution in [0, 0.1) is 0 Å². The Morgan fingerprint density at radius 3 is 2.65 bits per heavy atom. The van der Waals surface area contributed by atoms with Crippen molar-refractivity contribution in [1.29, 1.82) is 0 Å². The van der Waals surface area contributed by atoms with Crippen molar-refractivity contribution in [3.63, 3.8) is 0 Å². The van der Waals surface area contributed by atoms with E-state index in [1.807, 2.05) is 47.1 Å². The van der Waals surface area contributed by atoms with E-state index in [0.29, 0.717) is 19.5 Å². The van der Waals surface area contributed by atoms with Gasteiger partial charge in [-0.3, -0.25) is 9.69 Å². The average Bonchev–Trinajstić information content (AvgIpc) is 2.82. The van der Waals surface area contributed by atoms with Gasteiger partial charge >= 0.3 is 6.03 Å². The van der Waals surface area contributed by atoms with E-state index in [2.05, 4.69) is 17.3 Å². The maximum absolute atomic E-state index is 12.7. The van der Waals surface area contributed by atoms with E-state index in [4.69, 9.17) is 0 Å². The van der Waals surface area contributed by atoms with Gasteiger partial charge in [0.1, 0.15) is 0 Å². The summed E-state index contributed by atoms with van der Waals surface area (Å²) >= 11 is 0. The molecule has 0 saturated carbocycles. The van der Waals surface area contributed by atoms with Crippen LogP contribution in [0.2, 0.25) is 0 Å². The van der Waals surface area contributed by atoms with Crippen molar-refractivity contribution < 1.29 is 9.59 Å². The normalized spacial score (nSPS) is 24.6. The topological polar surface area (TPSA) is 55.9 Å². The van der Waals surface area contributed by atoms with Crippen molar-refractivity contribution >= 4 is 11.9 Å². The highest BCUT2D eigenvalue weighted by atomic mass is 16.2. The molecule has 1 spiro atoms. The molecule has 1 N–H and O–H groups in total. The van der Waals surface area contributed by atoms with Gasteiger partial charge in [0, 0.05) is 51.2 Å². The number of nitrogens with one attached hydrogen (secondary N) is 1. The number of carbonyl (C=O) groups is 2. The third-order valence-corrected chi connectivity index (χ3v) is 5.96. The Balaban J connectivity index is 1.63. The fraction of sp³-hybridized carbons (Fsp3) is 0.600. The fourth-order valence-electron chi connectivity index (χ4n) is 4.09. The van der Waals surface area contributed by atoms with Crippen LogP contribution in [0.15, 0.2) is 30.3 Å². The van der Waals surface area contributed by atoms with Crippen molar-refractivity contribution in [3.05, 3.63) is 35.9 Å². The smallest absolute Gasteiger partial charge is 0.317 e. The number of piperazine rings is 1. The Labute approximate surface area is 156 Å². The van der Waals surface area contributed by atoms with Gasteiger partial charge in [0.2, 0.25) is 5.91 Å². The lowest BCUT2D eigenvalue weighted by atomic mass is 9.86. The van der Waals surface area contributed by atoms with Crippen LogP contribution in [0.1, 0.15) is 31.7 Å². The van der Waals surface area contributed by atoms with Crippen LogP contribution in [0.25, 0.3) is 0 Å². The van der Waals surface area contributed by atoms with E-state index in [-0.39, 0.29) is 17.5 Å². The molecule has 0 aromatic heterocycles. The molecule has 2 saturated heterocycles. The van der Waals surface area contributed by atoms with Gasteiger partial charge in [0.15, 0.2) is 0 Å². The zero-order valence-electron chi connectivity index (χ0n) is 15.9. The highest BCUT2D eigenvalue weighted by Crippen LogP contribution is 2.32. The van der Waals surface area contributed by atoms with Crippen molar-refractivity contribution in [3.8, 4) is 0 Å². The molecule has 142 valence electrons. The third kappa shape index (κ3) is 4.01. The van der Waals surface area contributed by atoms with Gasteiger partial charge in [0.05, 0.1) is 0 Å². The first-order valence-corrected chi connectivity index (χ1v) is 9.60. The monoisotopic (exact) mass is 358 g/mol. The third-order valence-electron chi connectivity index (χ3n) is 5.96. The molecule has 1 aromatic rings. The predicted octanol–water partition coefficient (Wildman–Crippen LogP) is 1.91. The maximum Gasteiger partial charge on any atom is 0.317 e. The van der Waals surface area contributed by atoms with Gasteiger partial charge in [-0.2, -0.15) is 0 Å². The largest absolute Gasteiger partial charge is 0.343 e. The molecule has 2 aliphatic heterocycles. The van der Waals surface area contributed by atoms with E-state index in [1.54, 1.807) is 0 Å². The summed E-state index contributed by atoms with van der Waals surface area (Å²) in [5, 5.41) is 3.04. The van der Waals surface area contributed by atoms with Crippen molar-refractivity contribution in [2.45, 2.75) is 38.3 Å². The van der Waals surface area contributed by atoms with Gasteiger partial charge < -0.3 is 15.1 Å². The Hall–Kier alpha value is -2.08. The number of amides is 3. The molecule has 1 unspecified atom stereocenters. The van der Waals surface area contributed by atoms with Gasteiger partial charge in [0.25, 0.3) is 0 Å². The van der Waals surface area contributed by atoms with Crippen LogP contribution in [0.4, 0.5) is 4.79 Å². The highest BCUT2D eigenvalue weighted by Gasteiger charge is 2.43. The van der Waals surface area contributed by atoms with Crippen LogP contribution in [0.5, 0.6) is 0 Å². The van der Waals surface area contributed by atoms with Crippen LogP contribution in [-0.4, -0.2) is 71.9 Å². The van der Waals surface area contributed by atoms with Gasteiger partial charge in [-0.15, -0.1) is 0 Å². The molecule has 2 aliphatic rings. The molecule has 0 radical (unpaired) electrons. The number of likely N-dealkylation sites (N-methyl/N-ethyl adjacent to an activating group) is 1. The number of hydrogen-bond acceptors (Lipinski definition) is 3. The summed E-state index contributed by atoms with van der Waals surface area (Å²) < 4.78 is 0. The SMILES string of the molecule is CCN1CCC2(CCC1=O)CN(C(=O)NCc1ccccc1)CCN2C. The Morgan fingerprint density at radius 1 is 1.15 bits per heavy atom. The average molecular weight is 358 g/mol. The molecule has 2 fully saturated rings. The quantitative estimate of drug-likeness (QED) is 0.898. The number of nitrogens with zero attached hydrogens (tertiary/aromatic N) is 3. The maximum atomic E-state index is 12.7. The summed E-state index contributed by atoms with van der Waals surface area (Å²) in [5.74, 6) is 0.239. The number of likely N-dealkylation sites (tertiary alicyclic amines) is 1. The standard InChI is InChI=1S/C20H30N4O2/c1-3-23-12-11-20(10-9-18(23)25)16-24(14-13-22(20)2)19(26)21-15-17-7-5-4-6-8-17/h4-8H,3,9-16H2,1-2H3,(H,21,26). The van der Waals surface area contributed by atoms with Crippen LogP contribution in [0.3, 0.4) is 0 Å². The summed E-state index contributed by atoms with van der Waals surface area (Å²) in [5.41, 5.74) is 1.00. The molecular weight excluding hydrogens is 328 g/mol. The second-order valence-electron chi connectivity index (χ2n) is 7.44. The van der Waals surface area contributed by atoms with Crippen molar-refractivity contribution in [2.24, 2.45) is 0 Å². The van der Waals surface area contributed by atoms with E-state index in [0.717, 1.165) is 44.6 Å². The number of rotatable bonds is 3. The zero-order chi connectivity index (χ0) is 18.6.